The molecule has 0 saturated carbocycles. The fourth-order valence-corrected chi connectivity index (χ4v) is 1.94. The van der Waals surface area contributed by atoms with E-state index in [1.807, 2.05) is 0 Å². The van der Waals surface area contributed by atoms with Crippen LogP contribution in [-0.4, -0.2) is 21.6 Å². The van der Waals surface area contributed by atoms with Crippen molar-refractivity contribution in [3.63, 3.8) is 0 Å². The van der Waals surface area contributed by atoms with E-state index in [1.54, 1.807) is 24.3 Å². The third kappa shape index (κ3) is 2.83. The van der Waals surface area contributed by atoms with E-state index >= 15 is 0 Å². The number of nitro groups is 1. The van der Waals surface area contributed by atoms with Gasteiger partial charge < -0.3 is 9.72 Å². The average molecular weight is 291 g/mol. The van der Waals surface area contributed by atoms with Crippen LogP contribution in [0.4, 0.5) is 5.69 Å². The number of hydrogen-bond donors (Lipinski definition) is 1. The number of nitrogens with zero attached hydrogens (tertiary/aromatic N) is 2. The maximum absolute atomic E-state index is 12.1. The Bertz CT molecular complexity index is 789. The van der Waals surface area contributed by atoms with Gasteiger partial charge in [-0.2, -0.15) is 0 Å². The van der Waals surface area contributed by atoms with Gasteiger partial charge in [-0.05, 0) is 24.6 Å². The summed E-state index contributed by atoms with van der Waals surface area (Å²) in [5, 5.41) is 10.9. The summed E-state index contributed by atoms with van der Waals surface area (Å²) in [6.07, 6.45) is 0. The molecule has 0 aliphatic heterocycles. The second-order valence-electron chi connectivity index (χ2n) is 4.40. The third-order valence-corrected chi connectivity index (χ3v) is 3.02. The monoisotopic (exact) mass is 291 g/mol. The molecule has 0 aliphatic rings. The van der Waals surface area contributed by atoms with Gasteiger partial charge in [0.1, 0.15) is 11.4 Å². The number of aromatic nitrogens is 2. The minimum Gasteiger partial charge on any atom is -0.497 e. The molecule has 0 spiro atoms. The lowest BCUT2D eigenvalue weighted by Crippen LogP contribution is -2.37. The van der Waals surface area contributed by atoms with Gasteiger partial charge >= 0.3 is 16.9 Å². The number of nitrogens with one attached hydrogen (secondary N) is 1. The van der Waals surface area contributed by atoms with Crippen molar-refractivity contribution < 1.29 is 9.66 Å². The number of ether oxygens (including phenoxy) is 1. The van der Waals surface area contributed by atoms with Crippen molar-refractivity contribution in [1.82, 2.24) is 9.55 Å². The van der Waals surface area contributed by atoms with Crippen LogP contribution in [0.5, 0.6) is 5.75 Å². The number of H-pyrrole nitrogens is 1. The molecule has 1 N–H and O–H groups in total. The minimum atomic E-state index is -0.919. The highest BCUT2D eigenvalue weighted by Crippen LogP contribution is 2.12. The van der Waals surface area contributed by atoms with Crippen molar-refractivity contribution in [3.05, 3.63) is 66.5 Å². The Labute approximate surface area is 118 Å². The first-order valence-corrected chi connectivity index (χ1v) is 6.05. The first-order valence-electron chi connectivity index (χ1n) is 6.05. The highest BCUT2D eigenvalue weighted by Gasteiger charge is 2.21. The second-order valence-corrected chi connectivity index (χ2v) is 4.40. The quantitative estimate of drug-likeness (QED) is 0.662. The molecule has 0 fully saturated rings. The summed E-state index contributed by atoms with van der Waals surface area (Å²) in [5.41, 5.74) is -1.62. The molecule has 0 radical (unpaired) electrons. The minimum absolute atomic E-state index is 0.0546. The third-order valence-electron chi connectivity index (χ3n) is 3.02. The van der Waals surface area contributed by atoms with Crippen molar-refractivity contribution in [2.75, 3.05) is 7.11 Å². The Morgan fingerprint density at radius 3 is 2.43 bits per heavy atom. The lowest BCUT2D eigenvalue weighted by molar-refractivity contribution is -0.387. The Balaban J connectivity index is 2.49. The molecule has 0 bridgehead atoms. The van der Waals surface area contributed by atoms with E-state index in [2.05, 4.69) is 4.98 Å². The number of benzene rings is 1. The highest BCUT2D eigenvalue weighted by molar-refractivity contribution is 5.32. The topological polar surface area (TPSA) is 107 Å². The molecule has 0 saturated heterocycles. The summed E-state index contributed by atoms with van der Waals surface area (Å²) >= 11 is 0. The molecule has 21 heavy (non-hydrogen) atoms. The van der Waals surface area contributed by atoms with Crippen LogP contribution in [-0.2, 0) is 6.54 Å². The normalized spacial score (nSPS) is 10.4. The van der Waals surface area contributed by atoms with Crippen molar-refractivity contribution >= 4 is 5.69 Å². The van der Waals surface area contributed by atoms with Gasteiger partial charge in [-0.1, -0.05) is 12.1 Å². The number of aryl methyl sites for hydroxylation is 1. The standard InChI is InChI=1S/C13H13N3O5/c1-8-11(16(19)20)12(17)15(13(18)14-8)7-9-3-5-10(21-2)6-4-9/h3-6H,7H2,1-2H3,(H,14,18). The van der Waals surface area contributed by atoms with Crippen LogP contribution in [0, 0.1) is 17.0 Å². The molecule has 1 aromatic heterocycles. The van der Waals surface area contributed by atoms with Gasteiger partial charge in [0, 0.05) is 0 Å². The fourth-order valence-electron chi connectivity index (χ4n) is 1.94. The summed E-state index contributed by atoms with van der Waals surface area (Å²) in [6.45, 7) is 1.26. The lowest BCUT2D eigenvalue weighted by atomic mass is 10.2. The maximum atomic E-state index is 12.1. The van der Waals surface area contributed by atoms with E-state index in [0.29, 0.717) is 11.3 Å². The first-order chi connectivity index (χ1) is 9.93. The van der Waals surface area contributed by atoms with Gasteiger partial charge in [-0.3, -0.25) is 14.9 Å². The molecule has 110 valence electrons. The number of methoxy groups -OCH3 is 1. The molecule has 1 heterocycles. The molecular weight excluding hydrogens is 278 g/mol. The second kappa shape index (κ2) is 5.61. The summed E-state index contributed by atoms with van der Waals surface area (Å²) in [5.74, 6) is 0.634. The molecule has 8 heteroatoms. The highest BCUT2D eigenvalue weighted by atomic mass is 16.6. The molecule has 1 aromatic carbocycles. The Hall–Kier alpha value is -2.90. The van der Waals surface area contributed by atoms with E-state index in [4.69, 9.17) is 4.74 Å². The molecule has 0 aliphatic carbocycles. The van der Waals surface area contributed by atoms with Crippen LogP contribution in [0.15, 0.2) is 33.9 Å². The Kier molecular flexibility index (Phi) is 3.88. The number of rotatable bonds is 4. The summed E-state index contributed by atoms with van der Waals surface area (Å²) < 4.78 is 5.81. The molecule has 0 unspecified atom stereocenters. The van der Waals surface area contributed by atoms with Gasteiger partial charge in [0.15, 0.2) is 0 Å². The molecular formula is C13H13N3O5. The van der Waals surface area contributed by atoms with Crippen molar-refractivity contribution in [1.29, 1.82) is 0 Å². The van der Waals surface area contributed by atoms with Crippen LogP contribution >= 0.6 is 0 Å². The van der Waals surface area contributed by atoms with Crippen molar-refractivity contribution in [3.8, 4) is 5.75 Å². The zero-order valence-electron chi connectivity index (χ0n) is 11.5. The molecule has 2 aromatic rings. The van der Waals surface area contributed by atoms with Gasteiger partial charge in [-0.15, -0.1) is 0 Å². The predicted octanol–water partition coefficient (Wildman–Crippen LogP) is 0.810. The van der Waals surface area contributed by atoms with Crippen molar-refractivity contribution in [2.24, 2.45) is 0 Å². The zero-order valence-corrected chi connectivity index (χ0v) is 11.5. The average Bonchev–Trinajstić information content (AvgIpc) is 2.43. The largest absolute Gasteiger partial charge is 0.497 e. The van der Waals surface area contributed by atoms with E-state index < -0.39 is 21.9 Å². The van der Waals surface area contributed by atoms with E-state index in [0.717, 1.165) is 4.57 Å². The summed E-state index contributed by atoms with van der Waals surface area (Å²) in [4.78, 5) is 36.3. The van der Waals surface area contributed by atoms with E-state index in [1.165, 1.54) is 14.0 Å². The Morgan fingerprint density at radius 1 is 1.29 bits per heavy atom. The van der Waals surface area contributed by atoms with Crippen LogP contribution in [0.3, 0.4) is 0 Å². The van der Waals surface area contributed by atoms with Gasteiger partial charge in [0.05, 0.1) is 18.6 Å². The molecule has 0 amide bonds. The number of hydrogen-bond acceptors (Lipinski definition) is 5. The summed E-state index contributed by atoms with van der Waals surface area (Å²) in [6, 6.07) is 6.71. The first kappa shape index (κ1) is 14.5. The summed E-state index contributed by atoms with van der Waals surface area (Å²) in [7, 11) is 1.52. The zero-order chi connectivity index (χ0) is 15.6. The van der Waals surface area contributed by atoms with Crippen LogP contribution in [0.2, 0.25) is 0 Å². The van der Waals surface area contributed by atoms with Crippen molar-refractivity contribution in [2.45, 2.75) is 13.5 Å². The molecule has 2 rings (SSSR count). The van der Waals surface area contributed by atoms with Crippen LogP contribution in [0.25, 0.3) is 0 Å². The predicted molar refractivity (Wildman–Crippen MR) is 74.8 cm³/mol. The lowest BCUT2D eigenvalue weighted by Gasteiger charge is -2.06. The Morgan fingerprint density at radius 2 is 1.90 bits per heavy atom. The molecule has 8 nitrogen and oxygen atoms in total. The van der Waals surface area contributed by atoms with E-state index in [9.17, 15) is 19.7 Å². The van der Waals surface area contributed by atoms with E-state index in [-0.39, 0.29) is 12.2 Å². The smallest absolute Gasteiger partial charge is 0.353 e. The van der Waals surface area contributed by atoms with Crippen LogP contribution < -0.4 is 16.0 Å². The van der Waals surface area contributed by atoms with Gasteiger partial charge in [-0.25, -0.2) is 9.36 Å². The van der Waals surface area contributed by atoms with Gasteiger partial charge in [0.25, 0.3) is 0 Å². The van der Waals surface area contributed by atoms with Crippen LogP contribution in [0.1, 0.15) is 11.3 Å². The number of aromatic amines is 1. The SMILES string of the molecule is COc1ccc(Cn2c(=O)[nH]c(C)c([N+](=O)[O-])c2=O)cc1. The molecule has 0 atom stereocenters. The van der Waals surface area contributed by atoms with Gasteiger partial charge in [0.2, 0.25) is 0 Å². The maximum Gasteiger partial charge on any atom is 0.353 e. The fraction of sp³-hybridized carbons (Fsp3) is 0.231.